The minimum Gasteiger partial charge on any atom is -0.311 e. The van der Waals surface area contributed by atoms with Crippen molar-refractivity contribution in [3.05, 3.63) is 35.4 Å². The summed E-state index contributed by atoms with van der Waals surface area (Å²) in [5.74, 6) is 0.731. The summed E-state index contributed by atoms with van der Waals surface area (Å²) in [6, 6.07) is 8.93. The Hall–Kier alpha value is -0.820. The largest absolute Gasteiger partial charge is 0.311 e. The van der Waals surface area contributed by atoms with Crippen LogP contribution in [-0.4, -0.2) is 12.1 Å². The van der Waals surface area contributed by atoms with Crippen LogP contribution in [0.15, 0.2) is 24.3 Å². The molecule has 1 saturated heterocycles. The minimum atomic E-state index is 0.393. The van der Waals surface area contributed by atoms with Crippen molar-refractivity contribution < 1.29 is 0 Å². The summed E-state index contributed by atoms with van der Waals surface area (Å²) < 4.78 is 0. The molecule has 1 aliphatic heterocycles. The lowest BCUT2D eigenvalue weighted by Gasteiger charge is -2.34. The standard InChI is InChI=1S/C16H25N/c1-13(2)16(9-5-11-17-16)10-8-15-7-4-6-14(3)12-15/h4,6-7,12-13,17H,5,8-11H2,1-3H3. The SMILES string of the molecule is Cc1cccc(CCC2(C(C)C)CCCN2)c1. The molecular formula is C16H25N. The van der Waals surface area contributed by atoms with Crippen molar-refractivity contribution in [3.8, 4) is 0 Å². The first kappa shape index (κ1) is 12.6. The molecule has 1 aromatic rings. The third kappa shape index (κ3) is 2.90. The van der Waals surface area contributed by atoms with Gasteiger partial charge in [-0.1, -0.05) is 43.7 Å². The van der Waals surface area contributed by atoms with Crippen molar-refractivity contribution in [3.63, 3.8) is 0 Å². The lowest BCUT2D eigenvalue weighted by molar-refractivity contribution is 0.252. The van der Waals surface area contributed by atoms with Crippen LogP contribution >= 0.6 is 0 Å². The number of benzene rings is 1. The van der Waals surface area contributed by atoms with Crippen molar-refractivity contribution in [1.29, 1.82) is 0 Å². The molecule has 17 heavy (non-hydrogen) atoms. The predicted molar refractivity (Wildman–Crippen MR) is 74.3 cm³/mol. The zero-order valence-electron chi connectivity index (χ0n) is 11.4. The van der Waals surface area contributed by atoms with Gasteiger partial charge in [0.1, 0.15) is 0 Å². The molecule has 1 nitrogen and oxygen atoms in total. The second-order valence-electron chi connectivity index (χ2n) is 5.83. The van der Waals surface area contributed by atoms with E-state index < -0.39 is 0 Å². The van der Waals surface area contributed by atoms with Gasteiger partial charge in [0.25, 0.3) is 0 Å². The molecule has 1 unspecified atom stereocenters. The van der Waals surface area contributed by atoms with Gasteiger partial charge in [-0.15, -0.1) is 0 Å². The fourth-order valence-electron chi connectivity index (χ4n) is 3.06. The van der Waals surface area contributed by atoms with Gasteiger partial charge in [0, 0.05) is 5.54 Å². The van der Waals surface area contributed by atoms with Gasteiger partial charge in [-0.25, -0.2) is 0 Å². The molecule has 94 valence electrons. The van der Waals surface area contributed by atoms with E-state index in [9.17, 15) is 0 Å². The fraction of sp³-hybridized carbons (Fsp3) is 0.625. The maximum atomic E-state index is 3.75. The van der Waals surface area contributed by atoms with Crippen molar-refractivity contribution in [1.82, 2.24) is 5.32 Å². The minimum absolute atomic E-state index is 0.393. The molecule has 1 aliphatic rings. The molecule has 0 spiro atoms. The molecule has 1 heteroatoms. The Morgan fingerprint density at radius 1 is 1.35 bits per heavy atom. The van der Waals surface area contributed by atoms with Crippen molar-refractivity contribution in [2.45, 2.75) is 52.0 Å². The van der Waals surface area contributed by atoms with Crippen LogP contribution in [0.4, 0.5) is 0 Å². The normalized spacial score (nSPS) is 24.5. The quantitative estimate of drug-likeness (QED) is 0.833. The Bertz CT molecular complexity index is 362. The van der Waals surface area contributed by atoms with Crippen molar-refractivity contribution in [2.75, 3.05) is 6.54 Å². The topological polar surface area (TPSA) is 12.0 Å². The molecule has 1 fully saturated rings. The van der Waals surface area contributed by atoms with Gasteiger partial charge in [0.05, 0.1) is 0 Å². The number of hydrogen-bond donors (Lipinski definition) is 1. The Morgan fingerprint density at radius 3 is 2.76 bits per heavy atom. The van der Waals surface area contributed by atoms with E-state index >= 15 is 0 Å². The maximum absolute atomic E-state index is 3.75. The molecule has 0 saturated carbocycles. The van der Waals surface area contributed by atoms with E-state index in [0.29, 0.717) is 5.54 Å². The molecule has 0 amide bonds. The Morgan fingerprint density at radius 2 is 2.18 bits per heavy atom. The van der Waals surface area contributed by atoms with Crippen LogP contribution < -0.4 is 5.32 Å². The second kappa shape index (κ2) is 5.22. The average molecular weight is 231 g/mol. The van der Waals surface area contributed by atoms with Crippen LogP contribution in [0.5, 0.6) is 0 Å². The van der Waals surface area contributed by atoms with Crippen LogP contribution in [-0.2, 0) is 6.42 Å². The molecule has 1 N–H and O–H groups in total. The van der Waals surface area contributed by atoms with Gasteiger partial charge in [-0.3, -0.25) is 0 Å². The molecule has 0 radical (unpaired) electrons. The van der Waals surface area contributed by atoms with E-state index in [1.165, 1.54) is 43.4 Å². The lowest BCUT2D eigenvalue weighted by atomic mass is 9.80. The predicted octanol–water partition coefficient (Wildman–Crippen LogP) is 3.71. The third-order valence-electron chi connectivity index (χ3n) is 4.32. The van der Waals surface area contributed by atoms with E-state index in [4.69, 9.17) is 0 Å². The van der Waals surface area contributed by atoms with Crippen molar-refractivity contribution in [2.24, 2.45) is 5.92 Å². The molecule has 2 rings (SSSR count). The average Bonchev–Trinajstić information content (AvgIpc) is 2.76. The summed E-state index contributed by atoms with van der Waals surface area (Å²) in [7, 11) is 0. The van der Waals surface area contributed by atoms with Gasteiger partial charge in [-0.05, 0) is 50.6 Å². The maximum Gasteiger partial charge on any atom is 0.0208 e. The Balaban J connectivity index is 2.01. The summed E-state index contributed by atoms with van der Waals surface area (Å²) in [6.45, 7) is 8.09. The van der Waals surface area contributed by atoms with E-state index in [0.717, 1.165) is 5.92 Å². The smallest absolute Gasteiger partial charge is 0.0208 e. The fourth-order valence-corrected chi connectivity index (χ4v) is 3.06. The van der Waals surface area contributed by atoms with Crippen LogP contribution in [0, 0.1) is 12.8 Å². The number of nitrogens with one attached hydrogen (secondary N) is 1. The molecule has 1 atom stereocenters. The summed E-state index contributed by atoms with van der Waals surface area (Å²) in [4.78, 5) is 0. The molecule has 0 aliphatic carbocycles. The highest BCUT2D eigenvalue weighted by molar-refractivity contribution is 5.22. The lowest BCUT2D eigenvalue weighted by Crippen LogP contribution is -2.45. The van der Waals surface area contributed by atoms with Crippen LogP contribution in [0.3, 0.4) is 0 Å². The first-order chi connectivity index (χ1) is 8.12. The highest BCUT2D eigenvalue weighted by atomic mass is 15.0. The van der Waals surface area contributed by atoms with Crippen LogP contribution in [0.25, 0.3) is 0 Å². The van der Waals surface area contributed by atoms with Crippen LogP contribution in [0.1, 0.15) is 44.2 Å². The van der Waals surface area contributed by atoms with Gasteiger partial charge < -0.3 is 5.32 Å². The Kier molecular flexibility index (Phi) is 3.88. The number of hydrogen-bond acceptors (Lipinski definition) is 1. The van der Waals surface area contributed by atoms with E-state index in [1.54, 1.807) is 0 Å². The highest BCUT2D eigenvalue weighted by Crippen LogP contribution is 2.32. The molecule has 1 heterocycles. The van der Waals surface area contributed by atoms with E-state index in [2.05, 4.69) is 50.4 Å². The van der Waals surface area contributed by atoms with Crippen molar-refractivity contribution >= 4 is 0 Å². The summed E-state index contributed by atoms with van der Waals surface area (Å²) in [5, 5.41) is 3.75. The summed E-state index contributed by atoms with van der Waals surface area (Å²) in [5.41, 5.74) is 3.25. The van der Waals surface area contributed by atoms with Gasteiger partial charge >= 0.3 is 0 Å². The van der Waals surface area contributed by atoms with E-state index in [-0.39, 0.29) is 0 Å². The zero-order chi connectivity index (χ0) is 12.3. The van der Waals surface area contributed by atoms with E-state index in [1.807, 2.05) is 0 Å². The van der Waals surface area contributed by atoms with Gasteiger partial charge in [0.15, 0.2) is 0 Å². The molecule has 0 bridgehead atoms. The summed E-state index contributed by atoms with van der Waals surface area (Å²) >= 11 is 0. The highest BCUT2D eigenvalue weighted by Gasteiger charge is 2.35. The number of rotatable bonds is 4. The third-order valence-corrected chi connectivity index (χ3v) is 4.32. The number of aryl methyl sites for hydroxylation is 2. The Labute approximate surface area is 106 Å². The second-order valence-corrected chi connectivity index (χ2v) is 5.83. The monoisotopic (exact) mass is 231 g/mol. The van der Waals surface area contributed by atoms with Gasteiger partial charge in [-0.2, -0.15) is 0 Å². The first-order valence-corrected chi connectivity index (χ1v) is 6.93. The molecule has 0 aromatic heterocycles. The first-order valence-electron chi connectivity index (χ1n) is 6.93. The summed E-state index contributed by atoms with van der Waals surface area (Å²) in [6.07, 6.45) is 5.16. The zero-order valence-corrected chi connectivity index (χ0v) is 11.4. The molecule has 1 aromatic carbocycles. The molecular weight excluding hydrogens is 206 g/mol. The van der Waals surface area contributed by atoms with Crippen LogP contribution in [0.2, 0.25) is 0 Å². The van der Waals surface area contributed by atoms with Gasteiger partial charge in [0.2, 0.25) is 0 Å².